The predicted molar refractivity (Wildman–Crippen MR) is 50.7 cm³/mol. The second-order valence-electron chi connectivity index (χ2n) is 2.33. The van der Waals surface area contributed by atoms with Gasteiger partial charge in [-0.25, -0.2) is 0 Å². The van der Waals surface area contributed by atoms with E-state index < -0.39 is 7.12 Å². The first-order valence-electron chi connectivity index (χ1n) is 3.48. The summed E-state index contributed by atoms with van der Waals surface area (Å²) in [4.78, 5) is 0. The van der Waals surface area contributed by atoms with Gasteiger partial charge in [0.2, 0.25) is 0 Å². The zero-order valence-corrected chi connectivity index (χ0v) is 7.07. The SMILES string of the molecule is OB(O)/C=C/c1cccc(Cl)c1. The van der Waals surface area contributed by atoms with Crippen molar-refractivity contribution in [2.24, 2.45) is 0 Å². The maximum absolute atomic E-state index is 8.52. The van der Waals surface area contributed by atoms with Gasteiger partial charge in [0.15, 0.2) is 0 Å². The highest BCUT2D eigenvalue weighted by molar-refractivity contribution is 6.48. The van der Waals surface area contributed by atoms with Crippen molar-refractivity contribution in [3.05, 3.63) is 40.8 Å². The molecule has 0 aliphatic heterocycles. The van der Waals surface area contributed by atoms with Crippen LogP contribution in [0.4, 0.5) is 0 Å². The Balaban J connectivity index is 2.76. The molecule has 1 rings (SSSR count). The van der Waals surface area contributed by atoms with Gasteiger partial charge in [-0.2, -0.15) is 0 Å². The maximum atomic E-state index is 8.52. The summed E-state index contributed by atoms with van der Waals surface area (Å²) in [5, 5.41) is 17.7. The average molecular weight is 182 g/mol. The molecule has 1 aromatic rings. The third-order valence-electron chi connectivity index (χ3n) is 1.31. The molecule has 12 heavy (non-hydrogen) atoms. The zero-order chi connectivity index (χ0) is 8.97. The van der Waals surface area contributed by atoms with Crippen LogP contribution in [-0.4, -0.2) is 17.2 Å². The topological polar surface area (TPSA) is 40.5 Å². The number of rotatable bonds is 2. The summed E-state index contributed by atoms with van der Waals surface area (Å²) in [5.41, 5.74) is 0.843. The van der Waals surface area contributed by atoms with E-state index in [9.17, 15) is 0 Å². The third kappa shape index (κ3) is 3.09. The molecule has 4 heteroatoms. The number of halogens is 1. The molecule has 0 saturated carbocycles. The summed E-state index contributed by atoms with van der Waals surface area (Å²) in [5.74, 6) is 1.27. The van der Waals surface area contributed by atoms with Crippen LogP contribution in [0.1, 0.15) is 5.56 Å². The van der Waals surface area contributed by atoms with Gasteiger partial charge in [0.05, 0.1) is 0 Å². The highest BCUT2D eigenvalue weighted by Gasteiger charge is 1.97. The van der Waals surface area contributed by atoms with E-state index in [-0.39, 0.29) is 0 Å². The van der Waals surface area contributed by atoms with E-state index in [4.69, 9.17) is 21.6 Å². The Morgan fingerprint density at radius 2 is 2.08 bits per heavy atom. The Labute approximate surface area is 76.3 Å². The molecule has 0 aliphatic carbocycles. The molecule has 0 saturated heterocycles. The van der Waals surface area contributed by atoms with Gasteiger partial charge in [0, 0.05) is 5.02 Å². The first-order chi connectivity index (χ1) is 5.68. The molecule has 0 radical (unpaired) electrons. The lowest BCUT2D eigenvalue weighted by atomic mass is 9.91. The Morgan fingerprint density at radius 3 is 2.67 bits per heavy atom. The minimum absolute atomic E-state index is 0.629. The van der Waals surface area contributed by atoms with Gasteiger partial charge in [0.1, 0.15) is 0 Å². The van der Waals surface area contributed by atoms with Crippen molar-refractivity contribution in [1.82, 2.24) is 0 Å². The molecule has 0 aliphatic rings. The monoisotopic (exact) mass is 182 g/mol. The minimum Gasteiger partial charge on any atom is -0.424 e. The third-order valence-corrected chi connectivity index (χ3v) is 1.54. The molecule has 0 unspecified atom stereocenters. The van der Waals surface area contributed by atoms with Crippen molar-refractivity contribution < 1.29 is 10.0 Å². The van der Waals surface area contributed by atoms with Crippen molar-refractivity contribution in [1.29, 1.82) is 0 Å². The Hall–Kier alpha value is -0.765. The molecular weight excluding hydrogens is 174 g/mol. The largest absolute Gasteiger partial charge is 0.480 e. The summed E-state index contributed by atoms with van der Waals surface area (Å²) in [6, 6.07) is 7.12. The van der Waals surface area contributed by atoms with Crippen LogP contribution < -0.4 is 0 Å². The number of hydrogen-bond donors (Lipinski definition) is 2. The summed E-state index contributed by atoms with van der Waals surface area (Å²) in [7, 11) is -1.41. The van der Waals surface area contributed by atoms with Crippen LogP contribution in [0.25, 0.3) is 6.08 Å². The van der Waals surface area contributed by atoms with Crippen LogP contribution in [-0.2, 0) is 0 Å². The highest BCUT2D eigenvalue weighted by Crippen LogP contribution is 2.11. The van der Waals surface area contributed by atoms with E-state index in [0.29, 0.717) is 5.02 Å². The Morgan fingerprint density at radius 1 is 1.33 bits per heavy atom. The fourth-order valence-electron chi connectivity index (χ4n) is 0.807. The lowest BCUT2D eigenvalue weighted by molar-refractivity contribution is 0.424. The summed E-state index contributed by atoms with van der Waals surface area (Å²) < 4.78 is 0. The van der Waals surface area contributed by atoms with Gasteiger partial charge in [-0.05, 0) is 17.7 Å². The lowest BCUT2D eigenvalue weighted by Crippen LogP contribution is -2.05. The van der Waals surface area contributed by atoms with Crippen LogP contribution >= 0.6 is 11.6 Å². The molecule has 0 bridgehead atoms. The first kappa shape index (κ1) is 9.32. The van der Waals surface area contributed by atoms with Gasteiger partial charge >= 0.3 is 7.12 Å². The smallest absolute Gasteiger partial charge is 0.424 e. The van der Waals surface area contributed by atoms with Crippen LogP contribution in [0, 0.1) is 0 Å². The second-order valence-corrected chi connectivity index (χ2v) is 2.76. The van der Waals surface area contributed by atoms with Gasteiger partial charge in [-0.15, -0.1) is 0 Å². The predicted octanol–water partition coefficient (Wildman–Crippen LogP) is 1.37. The van der Waals surface area contributed by atoms with Gasteiger partial charge in [-0.1, -0.05) is 35.8 Å². The normalized spacial score (nSPS) is 10.6. The van der Waals surface area contributed by atoms with E-state index in [1.165, 1.54) is 5.98 Å². The van der Waals surface area contributed by atoms with Crippen molar-refractivity contribution in [3.8, 4) is 0 Å². The maximum Gasteiger partial charge on any atom is 0.480 e. The summed E-state index contributed by atoms with van der Waals surface area (Å²) in [6.07, 6.45) is 1.59. The molecule has 0 atom stereocenters. The molecule has 0 aromatic heterocycles. The van der Waals surface area contributed by atoms with Crippen LogP contribution in [0.3, 0.4) is 0 Å². The van der Waals surface area contributed by atoms with E-state index in [1.807, 2.05) is 6.07 Å². The molecule has 0 fully saturated rings. The number of hydrogen-bond acceptors (Lipinski definition) is 2. The molecule has 2 nitrogen and oxygen atoms in total. The van der Waals surface area contributed by atoms with E-state index >= 15 is 0 Å². The van der Waals surface area contributed by atoms with Gasteiger partial charge < -0.3 is 10.0 Å². The van der Waals surface area contributed by atoms with Crippen molar-refractivity contribution in [2.75, 3.05) is 0 Å². The Bertz CT molecular complexity index is 286. The van der Waals surface area contributed by atoms with Crippen LogP contribution in [0.15, 0.2) is 30.2 Å². The molecule has 1 aromatic carbocycles. The van der Waals surface area contributed by atoms with E-state index in [0.717, 1.165) is 5.56 Å². The van der Waals surface area contributed by atoms with Crippen LogP contribution in [0.2, 0.25) is 5.02 Å². The van der Waals surface area contributed by atoms with Crippen molar-refractivity contribution >= 4 is 24.8 Å². The lowest BCUT2D eigenvalue weighted by Gasteiger charge is -1.93. The quantitative estimate of drug-likeness (QED) is 0.678. The number of benzene rings is 1. The zero-order valence-electron chi connectivity index (χ0n) is 6.31. The summed E-state index contributed by atoms with van der Waals surface area (Å²) >= 11 is 5.70. The second kappa shape index (κ2) is 4.31. The van der Waals surface area contributed by atoms with E-state index in [2.05, 4.69) is 0 Å². The molecule has 0 heterocycles. The average Bonchev–Trinajstić information content (AvgIpc) is 2.01. The standard InChI is InChI=1S/C8H8BClO2/c10-8-3-1-2-7(6-8)4-5-9(11)12/h1-6,11-12H/b5-4+. The molecule has 0 spiro atoms. The fraction of sp³-hybridized carbons (Fsp3) is 0. The molecule has 62 valence electrons. The minimum atomic E-state index is -1.41. The first-order valence-corrected chi connectivity index (χ1v) is 3.86. The fourth-order valence-corrected chi connectivity index (χ4v) is 1.01. The van der Waals surface area contributed by atoms with Gasteiger partial charge in [0.25, 0.3) is 0 Å². The van der Waals surface area contributed by atoms with E-state index in [1.54, 1.807) is 24.3 Å². The van der Waals surface area contributed by atoms with Crippen molar-refractivity contribution in [3.63, 3.8) is 0 Å². The Kier molecular flexibility index (Phi) is 3.35. The van der Waals surface area contributed by atoms with Crippen LogP contribution in [0.5, 0.6) is 0 Å². The highest BCUT2D eigenvalue weighted by atomic mass is 35.5. The van der Waals surface area contributed by atoms with Crippen molar-refractivity contribution in [2.45, 2.75) is 0 Å². The van der Waals surface area contributed by atoms with Gasteiger partial charge in [-0.3, -0.25) is 0 Å². The summed E-state index contributed by atoms with van der Waals surface area (Å²) in [6.45, 7) is 0. The molecule has 0 amide bonds. The molecular formula is C8H8BClO2. The molecule has 2 N–H and O–H groups in total.